The summed E-state index contributed by atoms with van der Waals surface area (Å²) in [5.41, 5.74) is 1.71. The molecule has 0 radical (unpaired) electrons. The van der Waals surface area contributed by atoms with Gasteiger partial charge in [-0.25, -0.2) is 0 Å². The predicted molar refractivity (Wildman–Crippen MR) is 114 cm³/mol. The number of aliphatic hydroxyl groups excluding tert-OH is 1. The van der Waals surface area contributed by atoms with Crippen LogP contribution in [0.25, 0.3) is 0 Å². The van der Waals surface area contributed by atoms with Gasteiger partial charge in [0.1, 0.15) is 6.54 Å². The van der Waals surface area contributed by atoms with Crippen molar-refractivity contribution in [2.24, 2.45) is 0 Å². The summed E-state index contributed by atoms with van der Waals surface area (Å²) in [5, 5.41) is 20.1. The topological polar surface area (TPSA) is 67.6 Å². The number of β-amino-alcohol motifs (C(OH)–C–C–N with tert-alkyl or cyclic N) is 1. The van der Waals surface area contributed by atoms with Gasteiger partial charge in [0.15, 0.2) is 0 Å². The molecule has 29 heavy (non-hydrogen) atoms. The Kier molecular flexibility index (Phi) is 7.51. The quantitative estimate of drug-likeness (QED) is 0.678. The standard InChI is InChI=1S/C22H23Cl2N3O2/c23-19-7-6-16(12-20(19)24)13-22(29)27(11-9-25)21(17-4-2-1-3-5-17)15-26-10-8-18(28)14-26/h1-7,12,18,21,28H,8,10-11,13-15H2/t18-,21+/m0/s1. The van der Waals surface area contributed by atoms with Crippen LogP contribution < -0.4 is 0 Å². The Labute approximate surface area is 181 Å². The largest absolute Gasteiger partial charge is 0.392 e. The first-order valence-electron chi connectivity index (χ1n) is 9.53. The van der Waals surface area contributed by atoms with E-state index < -0.39 is 0 Å². The van der Waals surface area contributed by atoms with Gasteiger partial charge in [-0.3, -0.25) is 9.69 Å². The number of carbonyl (C=O) groups is 1. The van der Waals surface area contributed by atoms with E-state index in [0.29, 0.717) is 23.1 Å². The lowest BCUT2D eigenvalue weighted by Crippen LogP contribution is -2.42. The number of benzene rings is 2. The summed E-state index contributed by atoms with van der Waals surface area (Å²) < 4.78 is 0. The summed E-state index contributed by atoms with van der Waals surface area (Å²) in [6, 6.07) is 16.7. The maximum Gasteiger partial charge on any atom is 0.228 e. The van der Waals surface area contributed by atoms with Gasteiger partial charge in [0.05, 0.1) is 34.7 Å². The van der Waals surface area contributed by atoms with Gasteiger partial charge in [0.2, 0.25) is 5.91 Å². The third-order valence-electron chi connectivity index (χ3n) is 5.14. The van der Waals surface area contributed by atoms with Gasteiger partial charge in [-0.2, -0.15) is 5.26 Å². The number of hydrogen-bond acceptors (Lipinski definition) is 4. The SMILES string of the molecule is N#CCN(C(=O)Cc1ccc(Cl)c(Cl)c1)[C@H](CN1CC[C@H](O)C1)c1ccccc1. The first-order valence-corrected chi connectivity index (χ1v) is 10.3. The lowest BCUT2D eigenvalue weighted by Gasteiger charge is -2.33. The third kappa shape index (κ3) is 5.71. The molecular formula is C22H23Cl2N3O2. The Bertz CT molecular complexity index is 885. The lowest BCUT2D eigenvalue weighted by molar-refractivity contribution is -0.132. The number of carbonyl (C=O) groups excluding carboxylic acids is 1. The number of hydrogen-bond donors (Lipinski definition) is 1. The molecule has 3 rings (SSSR count). The highest BCUT2D eigenvalue weighted by molar-refractivity contribution is 6.42. The van der Waals surface area contributed by atoms with E-state index in [1.54, 1.807) is 23.1 Å². The van der Waals surface area contributed by atoms with E-state index in [-0.39, 0.29) is 31.0 Å². The van der Waals surface area contributed by atoms with Crippen molar-refractivity contribution < 1.29 is 9.90 Å². The van der Waals surface area contributed by atoms with Crippen LogP contribution in [0, 0.1) is 11.3 Å². The zero-order valence-corrected chi connectivity index (χ0v) is 17.5. The van der Waals surface area contributed by atoms with Gasteiger partial charge in [-0.1, -0.05) is 59.6 Å². The molecule has 1 heterocycles. The zero-order chi connectivity index (χ0) is 20.8. The molecule has 152 valence electrons. The molecule has 0 spiro atoms. The normalized spacial score (nSPS) is 17.7. The van der Waals surface area contributed by atoms with Gasteiger partial charge < -0.3 is 10.0 Å². The zero-order valence-electron chi connectivity index (χ0n) is 16.0. The maximum atomic E-state index is 13.2. The second-order valence-corrected chi connectivity index (χ2v) is 8.05. The van der Waals surface area contributed by atoms with Gasteiger partial charge in [0.25, 0.3) is 0 Å². The number of halogens is 2. The highest BCUT2D eigenvalue weighted by Gasteiger charge is 2.30. The Balaban J connectivity index is 1.85. The summed E-state index contributed by atoms with van der Waals surface area (Å²) in [6.07, 6.45) is 0.504. The molecule has 1 aliphatic heterocycles. The van der Waals surface area contributed by atoms with Crippen molar-refractivity contribution in [1.82, 2.24) is 9.80 Å². The molecule has 5 nitrogen and oxygen atoms in total. The molecule has 0 saturated carbocycles. The minimum Gasteiger partial charge on any atom is -0.392 e. The molecule has 7 heteroatoms. The summed E-state index contributed by atoms with van der Waals surface area (Å²) in [7, 11) is 0. The Hall–Kier alpha value is -2.10. The van der Waals surface area contributed by atoms with E-state index >= 15 is 0 Å². The number of likely N-dealkylation sites (tertiary alicyclic amines) is 1. The van der Waals surface area contributed by atoms with Crippen molar-refractivity contribution in [1.29, 1.82) is 5.26 Å². The number of nitriles is 1. The molecule has 2 aromatic carbocycles. The van der Waals surface area contributed by atoms with Crippen LogP contribution >= 0.6 is 23.2 Å². The van der Waals surface area contributed by atoms with E-state index in [2.05, 4.69) is 11.0 Å². The second kappa shape index (κ2) is 10.1. The average Bonchev–Trinajstić information content (AvgIpc) is 3.13. The Morgan fingerprint density at radius 3 is 2.62 bits per heavy atom. The molecule has 0 unspecified atom stereocenters. The fourth-order valence-corrected chi connectivity index (χ4v) is 3.98. The third-order valence-corrected chi connectivity index (χ3v) is 5.88. The maximum absolute atomic E-state index is 13.2. The van der Waals surface area contributed by atoms with Crippen LogP contribution in [0.15, 0.2) is 48.5 Å². The fraction of sp³-hybridized carbons (Fsp3) is 0.364. The summed E-state index contributed by atoms with van der Waals surface area (Å²) >= 11 is 12.1. The number of amides is 1. The lowest BCUT2D eigenvalue weighted by atomic mass is 10.0. The number of aliphatic hydroxyl groups is 1. The number of rotatable bonds is 7. The molecular weight excluding hydrogens is 409 g/mol. The van der Waals surface area contributed by atoms with Crippen LogP contribution in [0.1, 0.15) is 23.6 Å². The Morgan fingerprint density at radius 2 is 2.00 bits per heavy atom. The Morgan fingerprint density at radius 1 is 1.24 bits per heavy atom. The second-order valence-electron chi connectivity index (χ2n) is 7.23. The van der Waals surface area contributed by atoms with Crippen molar-refractivity contribution in [3.8, 4) is 6.07 Å². The van der Waals surface area contributed by atoms with Gasteiger partial charge in [-0.15, -0.1) is 0 Å². The highest BCUT2D eigenvalue weighted by atomic mass is 35.5. The molecule has 1 amide bonds. The molecule has 1 aliphatic rings. The van der Waals surface area contributed by atoms with Crippen LogP contribution in [0.4, 0.5) is 0 Å². The first-order chi connectivity index (χ1) is 14.0. The van der Waals surface area contributed by atoms with E-state index in [4.69, 9.17) is 23.2 Å². The molecule has 2 atom stereocenters. The van der Waals surface area contributed by atoms with E-state index in [9.17, 15) is 15.2 Å². The van der Waals surface area contributed by atoms with Crippen LogP contribution in [-0.2, 0) is 11.2 Å². The van der Waals surface area contributed by atoms with Crippen LogP contribution in [0.3, 0.4) is 0 Å². The van der Waals surface area contributed by atoms with E-state index in [1.165, 1.54) is 0 Å². The predicted octanol–water partition coefficient (Wildman–Crippen LogP) is 3.70. The molecule has 0 aliphatic carbocycles. The monoisotopic (exact) mass is 431 g/mol. The highest BCUT2D eigenvalue weighted by Crippen LogP contribution is 2.26. The van der Waals surface area contributed by atoms with E-state index in [0.717, 1.165) is 24.1 Å². The molecule has 1 saturated heterocycles. The molecule has 1 N–H and O–H groups in total. The van der Waals surface area contributed by atoms with Gasteiger partial charge in [-0.05, 0) is 29.7 Å². The van der Waals surface area contributed by atoms with Crippen molar-refractivity contribution in [2.45, 2.75) is 25.0 Å². The van der Waals surface area contributed by atoms with Gasteiger partial charge in [0, 0.05) is 19.6 Å². The van der Waals surface area contributed by atoms with E-state index in [1.807, 2.05) is 30.3 Å². The van der Waals surface area contributed by atoms with Crippen LogP contribution in [0.2, 0.25) is 10.0 Å². The van der Waals surface area contributed by atoms with Crippen molar-refractivity contribution in [3.63, 3.8) is 0 Å². The van der Waals surface area contributed by atoms with Crippen molar-refractivity contribution in [2.75, 3.05) is 26.2 Å². The van der Waals surface area contributed by atoms with Crippen molar-refractivity contribution >= 4 is 29.1 Å². The molecule has 0 bridgehead atoms. The number of nitrogens with zero attached hydrogens (tertiary/aromatic N) is 3. The van der Waals surface area contributed by atoms with Crippen LogP contribution in [-0.4, -0.2) is 53.1 Å². The summed E-state index contributed by atoms with van der Waals surface area (Å²) in [5.74, 6) is -0.154. The average molecular weight is 432 g/mol. The molecule has 2 aromatic rings. The molecule has 0 aromatic heterocycles. The smallest absolute Gasteiger partial charge is 0.228 e. The summed E-state index contributed by atoms with van der Waals surface area (Å²) in [4.78, 5) is 16.9. The minimum atomic E-state index is -0.345. The first kappa shape index (κ1) is 21.6. The summed E-state index contributed by atoms with van der Waals surface area (Å²) in [6.45, 7) is 1.89. The van der Waals surface area contributed by atoms with Crippen LogP contribution in [0.5, 0.6) is 0 Å². The van der Waals surface area contributed by atoms with Crippen molar-refractivity contribution in [3.05, 3.63) is 69.7 Å². The van der Waals surface area contributed by atoms with Gasteiger partial charge >= 0.3 is 0 Å². The fourth-order valence-electron chi connectivity index (χ4n) is 3.66. The molecule has 1 fully saturated rings. The minimum absolute atomic E-state index is 0.0177.